The van der Waals surface area contributed by atoms with Crippen molar-refractivity contribution in [2.24, 2.45) is 16.7 Å². The topological polar surface area (TPSA) is 37.3 Å². The maximum absolute atomic E-state index is 11.9. The van der Waals surface area contributed by atoms with Crippen LogP contribution in [0.15, 0.2) is 11.8 Å². The summed E-state index contributed by atoms with van der Waals surface area (Å²) in [6, 6.07) is 0. The van der Waals surface area contributed by atoms with Crippen molar-refractivity contribution in [3.63, 3.8) is 0 Å². The van der Waals surface area contributed by atoms with Crippen molar-refractivity contribution >= 4 is 5.78 Å². The fraction of sp³-hybridized carbons (Fsp3) is 0.727. The van der Waals surface area contributed by atoms with Gasteiger partial charge in [0.1, 0.15) is 0 Å². The van der Waals surface area contributed by atoms with Gasteiger partial charge in [-0.2, -0.15) is 0 Å². The highest BCUT2D eigenvalue weighted by atomic mass is 16.2. The van der Waals surface area contributed by atoms with Crippen LogP contribution < -0.4 is 0 Å². The second kappa shape index (κ2) is 2.17. The van der Waals surface area contributed by atoms with Gasteiger partial charge in [-0.15, -0.1) is 0 Å². The van der Waals surface area contributed by atoms with Gasteiger partial charge in [0, 0.05) is 11.0 Å². The van der Waals surface area contributed by atoms with Crippen LogP contribution in [0.2, 0.25) is 0 Å². The van der Waals surface area contributed by atoms with Crippen molar-refractivity contribution in [1.29, 1.82) is 0 Å². The molecule has 2 aliphatic carbocycles. The Kier molecular flexibility index (Phi) is 1.47. The Morgan fingerprint density at radius 2 is 2.08 bits per heavy atom. The predicted octanol–water partition coefficient (Wildman–Crippen LogP) is 2.45. The zero-order valence-electron chi connectivity index (χ0n) is 8.42. The maximum Gasteiger partial charge on any atom is 0.168 e. The molecule has 2 atom stereocenters. The van der Waals surface area contributed by atoms with Gasteiger partial charge in [0.05, 0.1) is 6.26 Å². The number of ketones is 1. The molecule has 2 nitrogen and oxygen atoms in total. The van der Waals surface area contributed by atoms with Crippen LogP contribution in [-0.4, -0.2) is 10.9 Å². The normalized spacial score (nSPS) is 44.7. The van der Waals surface area contributed by atoms with E-state index < -0.39 is 0 Å². The maximum atomic E-state index is 11.9. The zero-order chi connectivity index (χ0) is 9.85. The number of carbonyl (C=O) groups is 1. The first-order valence-corrected chi connectivity index (χ1v) is 4.84. The van der Waals surface area contributed by atoms with E-state index in [4.69, 9.17) is 5.11 Å². The zero-order valence-corrected chi connectivity index (χ0v) is 8.42. The van der Waals surface area contributed by atoms with Crippen molar-refractivity contribution in [2.75, 3.05) is 0 Å². The van der Waals surface area contributed by atoms with Gasteiger partial charge in [0.2, 0.25) is 0 Å². The molecule has 0 unspecified atom stereocenters. The highest BCUT2D eigenvalue weighted by molar-refractivity contribution is 6.04. The fourth-order valence-electron chi connectivity index (χ4n) is 3.08. The van der Waals surface area contributed by atoms with E-state index in [2.05, 4.69) is 13.8 Å². The van der Waals surface area contributed by atoms with Crippen molar-refractivity contribution < 1.29 is 9.90 Å². The number of carbonyl (C=O) groups excluding carboxylic acids is 1. The van der Waals surface area contributed by atoms with Crippen LogP contribution in [0.25, 0.3) is 0 Å². The molecule has 2 bridgehead atoms. The highest BCUT2D eigenvalue weighted by Gasteiger charge is 2.64. The monoisotopic (exact) mass is 180 g/mol. The third-order valence-electron chi connectivity index (χ3n) is 4.50. The van der Waals surface area contributed by atoms with Crippen molar-refractivity contribution in [3.8, 4) is 0 Å². The number of hydrogen-bond donors (Lipinski definition) is 1. The lowest BCUT2D eigenvalue weighted by Gasteiger charge is -2.31. The molecular weight excluding hydrogens is 164 g/mol. The number of aliphatic hydroxyl groups is 1. The summed E-state index contributed by atoms with van der Waals surface area (Å²) in [5.41, 5.74) is 0.448. The summed E-state index contributed by atoms with van der Waals surface area (Å²) in [5.74, 6) is 0.436. The van der Waals surface area contributed by atoms with Gasteiger partial charge in [-0.05, 0) is 24.2 Å². The van der Waals surface area contributed by atoms with Crippen LogP contribution in [0.3, 0.4) is 0 Å². The predicted molar refractivity (Wildman–Crippen MR) is 50.3 cm³/mol. The number of rotatable bonds is 0. The standard InChI is InChI=1S/C11H16O2/c1-10(2)8-4-5-11(10,3)9(13)7(8)6-12/h6,8,12H,4-5H2,1-3H3/b7-6-/t8-,11+/m1/s1. The number of fused-ring (bicyclic) bond motifs is 2. The number of hydrogen-bond acceptors (Lipinski definition) is 2. The van der Waals surface area contributed by atoms with Gasteiger partial charge >= 0.3 is 0 Å². The van der Waals surface area contributed by atoms with Crippen molar-refractivity contribution in [1.82, 2.24) is 0 Å². The second-order valence-corrected chi connectivity index (χ2v) is 5.06. The molecule has 0 radical (unpaired) electrons. The molecule has 72 valence electrons. The largest absolute Gasteiger partial charge is 0.515 e. The molecule has 0 aromatic heterocycles. The third-order valence-corrected chi connectivity index (χ3v) is 4.50. The molecule has 0 aliphatic heterocycles. The molecule has 13 heavy (non-hydrogen) atoms. The van der Waals surface area contributed by atoms with Gasteiger partial charge < -0.3 is 5.11 Å². The lowest BCUT2D eigenvalue weighted by molar-refractivity contribution is -0.125. The molecule has 0 amide bonds. The Hall–Kier alpha value is -0.790. The minimum atomic E-state index is -0.230. The Morgan fingerprint density at radius 1 is 1.46 bits per heavy atom. The van der Waals surface area contributed by atoms with Gasteiger partial charge in [-0.25, -0.2) is 0 Å². The molecule has 1 N–H and O–H groups in total. The first-order valence-electron chi connectivity index (χ1n) is 4.84. The van der Waals surface area contributed by atoms with E-state index >= 15 is 0 Å². The Balaban J connectivity index is 2.57. The van der Waals surface area contributed by atoms with E-state index in [0.29, 0.717) is 5.57 Å². The molecule has 2 rings (SSSR count). The highest BCUT2D eigenvalue weighted by Crippen LogP contribution is 2.65. The summed E-state index contributed by atoms with van der Waals surface area (Å²) in [6.07, 6.45) is 3.04. The van der Waals surface area contributed by atoms with E-state index in [1.165, 1.54) is 0 Å². The summed E-state index contributed by atoms with van der Waals surface area (Å²) in [7, 11) is 0. The van der Waals surface area contributed by atoms with Crippen molar-refractivity contribution in [3.05, 3.63) is 11.8 Å². The first kappa shape index (κ1) is 8.79. The summed E-state index contributed by atoms with van der Waals surface area (Å²) < 4.78 is 0. The third kappa shape index (κ3) is 0.725. The Labute approximate surface area is 78.6 Å². The summed E-state index contributed by atoms with van der Waals surface area (Å²) in [4.78, 5) is 11.9. The Bertz CT molecular complexity index is 301. The molecule has 2 fully saturated rings. The summed E-state index contributed by atoms with van der Waals surface area (Å²) in [5, 5.41) is 9.02. The Morgan fingerprint density at radius 3 is 2.38 bits per heavy atom. The number of aliphatic hydroxyl groups excluding tert-OH is 1. The van der Waals surface area contributed by atoms with Gasteiger partial charge in [-0.3, -0.25) is 4.79 Å². The van der Waals surface area contributed by atoms with Crippen LogP contribution in [0.1, 0.15) is 33.6 Å². The number of Topliss-reactive ketones (excluding diaryl/α,β-unsaturated/α-hetero) is 1. The van der Waals surface area contributed by atoms with E-state index in [1.54, 1.807) is 0 Å². The van der Waals surface area contributed by atoms with Crippen LogP contribution >= 0.6 is 0 Å². The SMILES string of the molecule is CC1(C)[C@@H]2CC[C@@]1(C)C(=O)/C2=C\O. The molecule has 0 saturated heterocycles. The smallest absolute Gasteiger partial charge is 0.168 e. The van der Waals surface area contributed by atoms with E-state index in [-0.39, 0.29) is 22.5 Å². The minimum absolute atomic E-state index is 0.0264. The summed E-state index contributed by atoms with van der Waals surface area (Å²) >= 11 is 0. The molecular formula is C11H16O2. The van der Waals surface area contributed by atoms with Crippen LogP contribution in [0, 0.1) is 16.7 Å². The van der Waals surface area contributed by atoms with Gasteiger partial charge in [0.25, 0.3) is 0 Å². The molecule has 2 saturated carbocycles. The molecule has 2 heteroatoms. The van der Waals surface area contributed by atoms with Crippen LogP contribution in [0.4, 0.5) is 0 Å². The molecule has 2 aliphatic rings. The first-order chi connectivity index (χ1) is 5.95. The molecule has 0 aromatic rings. The minimum Gasteiger partial charge on any atom is -0.515 e. The second-order valence-electron chi connectivity index (χ2n) is 5.06. The average molecular weight is 180 g/mol. The molecule has 0 spiro atoms. The van der Waals surface area contributed by atoms with E-state index in [0.717, 1.165) is 19.1 Å². The molecule has 0 aromatic carbocycles. The number of allylic oxidation sites excluding steroid dienone is 1. The van der Waals surface area contributed by atoms with Gasteiger partial charge in [0.15, 0.2) is 5.78 Å². The van der Waals surface area contributed by atoms with E-state index in [1.807, 2.05) is 6.92 Å². The summed E-state index contributed by atoms with van der Waals surface area (Å²) in [6.45, 7) is 6.31. The van der Waals surface area contributed by atoms with E-state index in [9.17, 15) is 4.79 Å². The van der Waals surface area contributed by atoms with Crippen LogP contribution in [0.5, 0.6) is 0 Å². The fourth-order valence-corrected chi connectivity index (χ4v) is 3.08. The molecule has 0 heterocycles. The van der Waals surface area contributed by atoms with Gasteiger partial charge in [-0.1, -0.05) is 20.8 Å². The van der Waals surface area contributed by atoms with Crippen molar-refractivity contribution in [2.45, 2.75) is 33.6 Å². The lowest BCUT2D eigenvalue weighted by atomic mass is 9.70. The average Bonchev–Trinajstić information content (AvgIpc) is 2.36. The van der Waals surface area contributed by atoms with Crippen LogP contribution in [-0.2, 0) is 4.79 Å². The lowest BCUT2D eigenvalue weighted by Crippen LogP contribution is -2.32. The quantitative estimate of drug-likeness (QED) is 0.459.